The fourth-order valence-corrected chi connectivity index (χ4v) is 1.79. The number of nitrogens with two attached hydrogens (primary N) is 1. The molecule has 2 rings (SSSR count). The van der Waals surface area contributed by atoms with E-state index in [9.17, 15) is 0 Å². The van der Waals surface area contributed by atoms with Crippen molar-refractivity contribution >= 4 is 27.5 Å². The first-order chi connectivity index (χ1) is 5.70. The van der Waals surface area contributed by atoms with Crippen molar-refractivity contribution < 1.29 is 4.74 Å². The lowest BCUT2D eigenvalue weighted by molar-refractivity contribution is 0.333. The minimum atomic E-state index is -0.0365. The molecule has 0 unspecified atom stereocenters. The molecule has 1 aromatic rings. The third kappa shape index (κ3) is 1.13. The summed E-state index contributed by atoms with van der Waals surface area (Å²) < 4.78 is 6.18. The Labute approximate surface area is 83.8 Å². The third-order valence-corrected chi connectivity index (χ3v) is 3.15. The zero-order valence-corrected chi connectivity index (χ0v) is 8.52. The summed E-state index contributed by atoms with van der Waals surface area (Å²) in [5.74, 6) is 0.721. The van der Waals surface area contributed by atoms with Gasteiger partial charge >= 0.3 is 0 Å². The third-order valence-electron chi connectivity index (χ3n) is 1.89. The van der Waals surface area contributed by atoms with E-state index in [0.717, 1.165) is 15.8 Å². The average Bonchev–Trinajstić information content (AvgIpc) is 2.41. The normalized spacial score (nSPS) is 20.4. The average molecular weight is 249 g/mol. The minimum absolute atomic E-state index is 0.0365. The summed E-state index contributed by atoms with van der Waals surface area (Å²) in [7, 11) is 0. The Morgan fingerprint density at radius 2 is 2.33 bits per heavy atom. The van der Waals surface area contributed by atoms with Crippen LogP contribution in [0, 0.1) is 0 Å². The van der Waals surface area contributed by atoms with E-state index in [-0.39, 0.29) is 6.04 Å². The number of halogens is 2. The highest BCUT2D eigenvalue weighted by Gasteiger charge is 2.23. The number of hydrogen-bond acceptors (Lipinski definition) is 2. The zero-order valence-electron chi connectivity index (χ0n) is 6.18. The summed E-state index contributed by atoms with van der Waals surface area (Å²) in [6.45, 7) is 0.519. The highest BCUT2D eigenvalue weighted by molar-refractivity contribution is 9.10. The van der Waals surface area contributed by atoms with Gasteiger partial charge in [0.1, 0.15) is 12.4 Å². The summed E-state index contributed by atoms with van der Waals surface area (Å²) in [5.41, 5.74) is 6.76. The predicted octanol–water partition coefficient (Wildman–Crippen LogP) is 2.49. The highest BCUT2D eigenvalue weighted by Crippen LogP contribution is 2.41. The van der Waals surface area contributed by atoms with E-state index >= 15 is 0 Å². The van der Waals surface area contributed by atoms with Crippen molar-refractivity contribution in [2.24, 2.45) is 5.73 Å². The molecule has 1 aliphatic rings. The van der Waals surface area contributed by atoms with Crippen LogP contribution >= 0.6 is 27.5 Å². The summed E-state index contributed by atoms with van der Waals surface area (Å²) >= 11 is 9.29. The lowest BCUT2D eigenvalue weighted by Crippen LogP contribution is -2.10. The molecule has 1 aromatic carbocycles. The predicted molar refractivity (Wildman–Crippen MR) is 51.6 cm³/mol. The van der Waals surface area contributed by atoms with Crippen molar-refractivity contribution in [3.05, 3.63) is 27.2 Å². The van der Waals surface area contributed by atoms with E-state index in [1.165, 1.54) is 0 Å². The molecule has 0 amide bonds. The molecule has 0 saturated heterocycles. The topological polar surface area (TPSA) is 35.2 Å². The van der Waals surface area contributed by atoms with E-state index in [0.29, 0.717) is 11.6 Å². The van der Waals surface area contributed by atoms with Crippen molar-refractivity contribution in [2.75, 3.05) is 6.61 Å². The molecule has 0 saturated carbocycles. The Morgan fingerprint density at radius 1 is 1.58 bits per heavy atom. The molecule has 0 radical (unpaired) electrons. The standard InChI is InChI=1S/C8H7BrClNO/c9-5-2-1-4-6(11)3-12-8(4)7(5)10/h1-2,6H,3,11H2/t6-/m0/s1. The maximum Gasteiger partial charge on any atom is 0.144 e. The highest BCUT2D eigenvalue weighted by atomic mass is 79.9. The first-order valence-corrected chi connectivity index (χ1v) is 4.73. The molecule has 1 atom stereocenters. The second-order valence-corrected chi connectivity index (χ2v) is 3.93. The number of ether oxygens (including phenoxy) is 1. The SMILES string of the molecule is N[C@H]1COc2c1ccc(Br)c2Cl. The molecule has 0 fully saturated rings. The van der Waals surface area contributed by atoms with Crippen LogP contribution < -0.4 is 10.5 Å². The Bertz CT molecular complexity index is 329. The van der Waals surface area contributed by atoms with Crippen molar-refractivity contribution in [2.45, 2.75) is 6.04 Å². The van der Waals surface area contributed by atoms with Gasteiger partial charge in [-0.25, -0.2) is 0 Å². The van der Waals surface area contributed by atoms with Crippen LogP contribution in [0.4, 0.5) is 0 Å². The Hall–Kier alpha value is -0.250. The lowest BCUT2D eigenvalue weighted by atomic mass is 10.1. The smallest absolute Gasteiger partial charge is 0.144 e. The van der Waals surface area contributed by atoms with Gasteiger partial charge in [0.25, 0.3) is 0 Å². The first-order valence-electron chi connectivity index (χ1n) is 3.56. The van der Waals surface area contributed by atoms with Gasteiger partial charge in [-0.2, -0.15) is 0 Å². The van der Waals surface area contributed by atoms with Crippen LogP contribution in [0.1, 0.15) is 11.6 Å². The quantitative estimate of drug-likeness (QED) is 0.766. The van der Waals surface area contributed by atoms with Crippen LogP contribution in [0.25, 0.3) is 0 Å². The molecule has 1 heterocycles. The minimum Gasteiger partial charge on any atom is -0.490 e. The van der Waals surface area contributed by atoms with Gasteiger partial charge in [0.15, 0.2) is 0 Å². The van der Waals surface area contributed by atoms with E-state index in [4.69, 9.17) is 22.1 Å². The van der Waals surface area contributed by atoms with Crippen molar-refractivity contribution in [3.63, 3.8) is 0 Å². The number of benzene rings is 1. The summed E-state index contributed by atoms with van der Waals surface area (Å²) in [5, 5.41) is 0.612. The first kappa shape index (κ1) is 8.35. The molecule has 2 N–H and O–H groups in total. The second kappa shape index (κ2) is 2.91. The Balaban J connectivity index is 2.60. The molecule has 0 aromatic heterocycles. The van der Waals surface area contributed by atoms with Crippen molar-refractivity contribution in [1.29, 1.82) is 0 Å². The van der Waals surface area contributed by atoms with Gasteiger partial charge in [0.05, 0.1) is 11.1 Å². The zero-order chi connectivity index (χ0) is 8.72. The number of rotatable bonds is 0. The van der Waals surface area contributed by atoms with E-state index in [1.807, 2.05) is 12.1 Å². The fourth-order valence-electron chi connectivity index (χ4n) is 1.25. The molecule has 1 aliphatic heterocycles. The van der Waals surface area contributed by atoms with E-state index < -0.39 is 0 Å². The van der Waals surface area contributed by atoms with Gasteiger partial charge < -0.3 is 10.5 Å². The van der Waals surface area contributed by atoms with Gasteiger partial charge in [-0.3, -0.25) is 0 Å². The molecule has 0 spiro atoms. The molecule has 4 heteroatoms. The largest absolute Gasteiger partial charge is 0.490 e. The van der Waals surface area contributed by atoms with Crippen molar-refractivity contribution in [3.8, 4) is 5.75 Å². The fraction of sp³-hybridized carbons (Fsp3) is 0.250. The molecule has 0 bridgehead atoms. The molecule has 2 nitrogen and oxygen atoms in total. The maximum atomic E-state index is 5.98. The summed E-state index contributed by atoms with van der Waals surface area (Å²) in [6.07, 6.45) is 0. The molecule has 64 valence electrons. The van der Waals surface area contributed by atoms with Gasteiger partial charge in [-0.1, -0.05) is 17.7 Å². The van der Waals surface area contributed by atoms with Crippen LogP contribution in [-0.4, -0.2) is 6.61 Å². The molecular weight excluding hydrogens is 241 g/mol. The maximum absolute atomic E-state index is 5.98. The van der Waals surface area contributed by atoms with Crippen molar-refractivity contribution in [1.82, 2.24) is 0 Å². The van der Waals surface area contributed by atoms with Crippen LogP contribution in [0.15, 0.2) is 16.6 Å². The molecule has 0 aliphatic carbocycles. The van der Waals surface area contributed by atoms with Crippen LogP contribution in [0.2, 0.25) is 5.02 Å². The van der Waals surface area contributed by atoms with Gasteiger partial charge in [0, 0.05) is 10.0 Å². The summed E-state index contributed by atoms with van der Waals surface area (Å²) in [6, 6.07) is 3.78. The van der Waals surface area contributed by atoms with E-state index in [2.05, 4.69) is 15.9 Å². The monoisotopic (exact) mass is 247 g/mol. The Kier molecular flexibility index (Phi) is 2.02. The Morgan fingerprint density at radius 3 is 3.08 bits per heavy atom. The van der Waals surface area contributed by atoms with Crippen LogP contribution in [0.3, 0.4) is 0 Å². The van der Waals surface area contributed by atoms with Gasteiger partial charge in [-0.05, 0) is 22.0 Å². The van der Waals surface area contributed by atoms with Gasteiger partial charge in [0.2, 0.25) is 0 Å². The van der Waals surface area contributed by atoms with Crippen LogP contribution in [0.5, 0.6) is 5.75 Å². The summed E-state index contributed by atoms with van der Waals surface area (Å²) in [4.78, 5) is 0. The number of fused-ring (bicyclic) bond motifs is 1. The second-order valence-electron chi connectivity index (χ2n) is 2.70. The molecular formula is C8H7BrClNO. The van der Waals surface area contributed by atoms with Gasteiger partial charge in [-0.15, -0.1) is 0 Å². The van der Waals surface area contributed by atoms with Crippen LogP contribution in [-0.2, 0) is 0 Å². The molecule has 12 heavy (non-hydrogen) atoms. The van der Waals surface area contributed by atoms with E-state index in [1.54, 1.807) is 0 Å². The number of hydrogen-bond donors (Lipinski definition) is 1. The lowest BCUT2D eigenvalue weighted by Gasteiger charge is -2.03.